The van der Waals surface area contributed by atoms with Crippen molar-refractivity contribution in [3.05, 3.63) is 64.5 Å². The number of carbonyl (C=O) groups is 1. The number of H-pyrrole nitrogens is 2. The number of anilines is 1. The van der Waals surface area contributed by atoms with Gasteiger partial charge in [-0.1, -0.05) is 18.2 Å². The molecule has 0 fully saturated rings. The number of benzene rings is 2. The highest BCUT2D eigenvalue weighted by Gasteiger charge is 2.11. The number of imidazole rings is 1. The Kier molecular flexibility index (Phi) is 4.19. The number of hydrogen-bond acceptors (Lipinski definition) is 5. The fourth-order valence-electron chi connectivity index (χ4n) is 3.07. The van der Waals surface area contributed by atoms with Gasteiger partial charge in [0.2, 0.25) is 0 Å². The maximum absolute atomic E-state index is 12.6. The van der Waals surface area contributed by atoms with E-state index in [-0.39, 0.29) is 11.3 Å². The predicted octanol–water partition coefficient (Wildman–Crippen LogP) is 2.68. The van der Waals surface area contributed by atoms with Crippen LogP contribution in [0.4, 0.5) is 5.69 Å². The normalized spacial score (nSPS) is 11.2. The Bertz CT molecular complexity index is 1210. The van der Waals surface area contributed by atoms with Gasteiger partial charge in [-0.2, -0.15) is 0 Å². The molecular weight excluding hydrogens is 342 g/mol. The Morgan fingerprint density at radius 2 is 1.89 bits per heavy atom. The van der Waals surface area contributed by atoms with E-state index in [0.717, 1.165) is 16.5 Å². The second-order valence-electron chi connectivity index (χ2n) is 6.68. The number of fused-ring (bicyclic) bond motifs is 2. The third-order valence-corrected chi connectivity index (χ3v) is 4.59. The number of rotatable bonds is 5. The molecular formula is C20H19N5O2. The van der Waals surface area contributed by atoms with Crippen LogP contribution >= 0.6 is 0 Å². The monoisotopic (exact) mass is 361 g/mol. The lowest BCUT2D eigenvalue weighted by molar-refractivity contribution is 0.0982. The van der Waals surface area contributed by atoms with Gasteiger partial charge in [0, 0.05) is 38.2 Å². The summed E-state index contributed by atoms with van der Waals surface area (Å²) in [6.07, 6.45) is 2.04. The molecule has 0 saturated carbocycles. The summed E-state index contributed by atoms with van der Waals surface area (Å²) in [6, 6.07) is 11.9. The van der Waals surface area contributed by atoms with Crippen LogP contribution in [0.2, 0.25) is 0 Å². The lowest BCUT2D eigenvalue weighted by atomic mass is 10.0. The molecule has 2 aromatic heterocycles. The Balaban J connectivity index is 1.52. The average Bonchev–Trinajstić information content (AvgIpc) is 3.09. The maximum atomic E-state index is 12.6. The van der Waals surface area contributed by atoms with Crippen molar-refractivity contribution in [2.45, 2.75) is 12.8 Å². The molecule has 0 saturated heterocycles. The number of carbonyl (C=O) groups excluding carboxylic acids is 1. The van der Waals surface area contributed by atoms with Gasteiger partial charge in [0.15, 0.2) is 16.9 Å². The highest BCUT2D eigenvalue weighted by Crippen LogP contribution is 2.23. The molecule has 2 heterocycles. The third kappa shape index (κ3) is 3.31. The van der Waals surface area contributed by atoms with Crippen molar-refractivity contribution in [3.63, 3.8) is 0 Å². The number of nitrogens with zero attached hydrogens (tertiary/aromatic N) is 3. The Labute approximate surface area is 155 Å². The van der Waals surface area contributed by atoms with Crippen molar-refractivity contribution < 1.29 is 4.79 Å². The first-order valence-electron chi connectivity index (χ1n) is 8.68. The van der Waals surface area contributed by atoms with E-state index in [4.69, 9.17) is 0 Å². The first kappa shape index (κ1) is 17.0. The molecule has 0 atom stereocenters. The Morgan fingerprint density at radius 3 is 2.67 bits per heavy atom. The average molecular weight is 361 g/mol. The number of aromatic nitrogens is 4. The molecule has 27 heavy (non-hydrogen) atoms. The van der Waals surface area contributed by atoms with Gasteiger partial charge in [-0.15, -0.1) is 0 Å². The third-order valence-electron chi connectivity index (χ3n) is 4.59. The number of Topliss-reactive ketones (excluding diaryl/α,β-unsaturated/α-hetero) is 1. The zero-order chi connectivity index (χ0) is 19.0. The van der Waals surface area contributed by atoms with Crippen LogP contribution in [-0.4, -0.2) is 39.8 Å². The molecule has 0 unspecified atom stereocenters. The van der Waals surface area contributed by atoms with E-state index in [1.807, 2.05) is 49.3 Å². The van der Waals surface area contributed by atoms with Crippen molar-refractivity contribution in [1.82, 2.24) is 19.9 Å². The number of hydrogen-bond donors (Lipinski definition) is 2. The fraction of sp³-hybridized carbons (Fsp3) is 0.200. The summed E-state index contributed by atoms with van der Waals surface area (Å²) in [5.74, 6) is 0.620. The molecule has 0 aliphatic carbocycles. The molecule has 0 bridgehead atoms. The van der Waals surface area contributed by atoms with Gasteiger partial charge in [0.25, 0.3) is 5.56 Å². The fourth-order valence-corrected chi connectivity index (χ4v) is 3.07. The quantitative estimate of drug-likeness (QED) is 0.533. The van der Waals surface area contributed by atoms with Gasteiger partial charge in [0.05, 0.1) is 6.33 Å². The molecule has 2 aromatic carbocycles. The summed E-state index contributed by atoms with van der Waals surface area (Å²) in [5.41, 5.74) is 2.23. The standard InChI is InChI=1S/C20H19N5O2/c1-25(2)15-6-5-12-9-14(4-3-13(12)10-15)16(26)7-8-17-23-18-19(24-17)21-11-22-20(18)27/h3-6,9-11H,7-8H2,1-2H3,(H2,21,22,23,24,27). The Morgan fingerprint density at radius 1 is 1.11 bits per heavy atom. The van der Waals surface area contributed by atoms with Crippen LogP contribution in [0.1, 0.15) is 22.6 Å². The summed E-state index contributed by atoms with van der Waals surface area (Å²) in [7, 11) is 4.00. The van der Waals surface area contributed by atoms with Crippen LogP contribution in [0.15, 0.2) is 47.5 Å². The van der Waals surface area contributed by atoms with Crippen LogP contribution in [0.3, 0.4) is 0 Å². The highest BCUT2D eigenvalue weighted by atomic mass is 16.1. The van der Waals surface area contributed by atoms with Crippen molar-refractivity contribution >= 4 is 33.4 Å². The number of aromatic amines is 2. The van der Waals surface area contributed by atoms with E-state index in [0.29, 0.717) is 35.4 Å². The molecule has 4 rings (SSSR count). The lowest BCUT2D eigenvalue weighted by Crippen LogP contribution is -2.08. The molecule has 7 heteroatoms. The second kappa shape index (κ2) is 6.68. The molecule has 7 nitrogen and oxygen atoms in total. The number of ketones is 1. The molecule has 0 radical (unpaired) electrons. The molecule has 2 N–H and O–H groups in total. The summed E-state index contributed by atoms with van der Waals surface area (Å²) in [4.78, 5) is 40.1. The topological polar surface area (TPSA) is 94.7 Å². The summed E-state index contributed by atoms with van der Waals surface area (Å²) in [6.45, 7) is 0. The SMILES string of the molecule is CN(C)c1ccc2cc(C(=O)CCc3nc4nc[nH]c(=O)c4[nH]3)ccc2c1. The van der Waals surface area contributed by atoms with Gasteiger partial charge < -0.3 is 14.9 Å². The van der Waals surface area contributed by atoms with Gasteiger partial charge in [0.1, 0.15) is 5.82 Å². The molecule has 0 spiro atoms. The van der Waals surface area contributed by atoms with Crippen LogP contribution in [0.5, 0.6) is 0 Å². The van der Waals surface area contributed by atoms with E-state index in [2.05, 4.69) is 26.0 Å². The van der Waals surface area contributed by atoms with Crippen molar-refractivity contribution in [2.75, 3.05) is 19.0 Å². The smallest absolute Gasteiger partial charge is 0.276 e. The maximum Gasteiger partial charge on any atom is 0.276 e. The molecule has 136 valence electrons. The minimum atomic E-state index is -0.267. The van der Waals surface area contributed by atoms with Crippen molar-refractivity contribution in [1.29, 1.82) is 0 Å². The second-order valence-corrected chi connectivity index (χ2v) is 6.68. The Hall–Kier alpha value is -3.48. The first-order chi connectivity index (χ1) is 13.0. The number of nitrogens with one attached hydrogen (secondary N) is 2. The van der Waals surface area contributed by atoms with Crippen molar-refractivity contribution in [2.24, 2.45) is 0 Å². The molecule has 0 aliphatic heterocycles. The first-order valence-corrected chi connectivity index (χ1v) is 8.68. The lowest BCUT2D eigenvalue weighted by Gasteiger charge is -2.13. The minimum absolute atomic E-state index is 0.0379. The van der Waals surface area contributed by atoms with Crippen molar-refractivity contribution in [3.8, 4) is 0 Å². The largest absolute Gasteiger partial charge is 0.378 e. The van der Waals surface area contributed by atoms with E-state index in [1.54, 1.807) is 0 Å². The van der Waals surface area contributed by atoms with Gasteiger partial charge >= 0.3 is 0 Å². The predicted molar refractivity (Wildman–Crippen MR) is 105 cm³/mol. The van der Waals surface area contributed by atoms with Crippen LogP contribution in [0.25, 0.3) is 21.9 Å². The number of aryl methyl sites for hydroxylation is 1. The zero-order valence-electron chi connectivity index (χ0n) is 15.1. The molecule has 0 aliphatic rings. The van der Waals surface area contributed by atoms with Gasteiger partial charge in [-0.05, 0) is 29.0 Å². The van der Waals surface area contributed by atoms with Gasteiger partial charge in [-0.25, -0.2) is 9.97 Å². The summed E-state index contributed by atoms with van der Waals surface area (Å²) in [5, 5.41) is 2.13. The zero-order valence-corrected chi connectivity index (χ0v) is 15.1. The van der Waals surface area contributed by atoms with Crippen LogP contribution in [-0.2, 0) is 6.42 Å². The van der Waals surface area contributed by atoms with Crippen LogP contribution in [0, 0.1) is 0 Å². The highest BCUT2D eigenvalue weighted by molar-refractivity contribution is 6.00. The van der Waals surface area contributed by atoms with Gasteiger partial charge in [-0.3, -0.25) is 9.59 Å². The molecule has 0 amide bonds. The van der Waals surface area contributed by atoms with E-state index < -0.39 is 0 Å². The summed E-state index contributed by atoms with van der Waals surface area (Å²) < 4.78 is 0. The van der Waals surface area contributed by atoms with E-state index in [9.17, 15) is 9.59 Å². The van der Waals surface area contributed by atoms with E-state index >= 15 is 0 Å². The minimum Gasteiger partial charge on any atom is -0.378 e. The van der Waals surface area contributed by atoms with E-state index in [1.165, 1.54) is 6.33 Å². The summed E-state index contributed by atoms with van der Waals surface area (Å²) >= 11 is 0. The van der Waals surface area contributed by atoms with Crippen LogP contribution < -0.4 is 10.5 Å². The molecule has 4 aromatic rings.